The molecule has 10 nitrogen and oxygen atoms in total. The van der Waals surface area contributed by atoms with Gasteiger partial charge in [-0.25, -0.2) is 13.4 Å². The number of aromatic nitrogens is 4. The van der Waals surface area contributed by atoms with Crippen molar-refractivity contribution in [3.63, 3.8) is 0 Å². The average molecular weight is 529 g/mol. The van der Waals surface area contributed by atoms with E-state index in [9.17, 15) is 13.2 Å². The van der Waals surface area contributed by atoms with Crippen molar-refractivity contribution in [2.75, 3.05) is 26.7 Å². The summed E-state index contributed by atoms with van der Waals surface area (Å²) in [4.78, 5) is 22.0. The fourth-order valence-corrected chi connectivity index (χ4v) is 8.17. The van der Waals surface area contributed by atoms with Gasteiger partial charge in [0, 0.05) is 19.6 Å². The second-order valence-corrected chi connectivity index (χ2v) is 12.3. The van der Waals surface area contributed by atoms with Crippen molar-refractivity contribution in [1.82, 2.24) is 30.0 Å². The van der Waals surface area contributed by atoms with Crippen LogP contribution >= 0.6 is 0 Å². The molecule has 2 bridgehead atoms. The van der Waals surface area contributed by atoms with Crippen molar-refractivity contribution >= 4 is 20.9 Å². The predicted octanol–water partition coefficient (Wildman–Crippen LogP) is 2.62. The number of piperidine rings is 1. The maximum Gasteiger partial charge on any atom is 0.277 e. The van der Waals surface area contributed by atoms with Crippen molar-refractivity contribution in [1.29, 1.82) is 0 Å². The van der Waals surface area contributed by atoms with E-state index in [2.05, 4.69) is 20.3 Å². The van der Waals surface area contributed by atoms with Gasteiger partial charge in [-0.05, 0) is 70.8 Å². The van der Waals surface area contributed by atoms with Gasteiger partial charge in [0.1, 0.15) is 22.0 Å². The first-order chi connectivity index (χ1) is 17.7. The molecule has 2 aromatic heterocycles. The minimum atomic E-state index is -3.78. The van der Waals surface area contributed by atoms with E-state index in [-0.39, 0.29) is 22.3 Å². The van der Waals surface area contributed by atoms with Crippen LogP contribution in [0.25, 0.3) is 22.4 Å². The zero-order chi connectivity index (χ0) is 26.4. The van der Waals surface area contributed by atoms with E-state index >= 15 is 0 Å². The topological polar surface area (TPSA) is 122 Å². The highest BCUT2D eigenvalue weighted by Crippen LogP contribution is 2.42. The summed E-state index contributed by atoms with van der Waals surface area (Å²) < 4.78 is 36.1. The number of nitrogens with zero attached hydrogens (tertiary/aromatic N) is 4. The molecule has 5 rings (SSSR count). The summed E-state index contributed by atoms with van der Waals surface area (Å²) in [5, 5.41) is 7.87. The average Bonchev–Trinajstić information content (AvgIpc) is 3.16. The molecule has 37 heavy (non-hydrogen) atoms. The lowest BCUT2D eigenvalue weighted by molar-refractivity contribution is 0.0941. The molecule has 2 aliphatic rings. The van der Waals surface area contributed by atoms with Crippen molar-refractivity contribution in [3.8, 4) is 17.1 Å². The molecule has 1 aromatic carbocycles. The Bertz CT molecular complexity index is 1480. The van der Waals surface area contributed by atoms with Gasteiger partial charge in [0.2, 0.25) is 0 Å². The molecule has 2 unspecified atom stereocenters. The third-order valence-corrected chi connectivity index (χ3v) is 10.4. The smallest absolute Gasteiger partial charge is 0.277 e. The summed E-state index contributed by atoms with van der Waals surface area (Å²) in [7, 11) is -0.118. The van der Waals surface area contributed by atoms with E-state index < -0.39 is 14.7 Å². The third kappa shape index (κ3) is 4.17. The van der Waals surface area contributed by atoms with Crippen LogP contribution in [0.1, 0.15) is 51.6 Å². The van der Waals surface area contributed by atoms with Gasteiger partial charge in [0.05, 0.1) is 22.8 Å². The molecule has 0 amide bonds. The second kappa shape index (κ2) is 9.85. The maximum atomic E-state index is 14.3. The molecule has 200 valence electrons. The van der Waals surface area contributed by atoms with Gasteiger partial charge in [0.25, 0.3) is 5.56 Å². The van der Waals surface area contributed by atoms with Crippen LogP contribution in [0.5, 0.6) is 5.75 Å². The van der Waals surface area contributed by atoms with Gasteiger partial charge in [-0.3, -0.25) is 14.4 Å². The van der Waals surface area contributed by atoms with Crippen molar-refractivity contribution < 1.29 is 13.2 Å². The minimum absolute atomic E-state index is 0.199. The van der Waals surface area contributed by atoms with Gasteiger partial charge < -0.3 is 15.0 Å². The van der Waals surface area contributed by atoms with E-state index in [1.807, 2.05) is 20.9 Å². The van der Waals surface area contributed by atoms with Crippen LogP contribution in [0.2, 0.25) is 0 Å². The SMILES string of the molecule is CCCc1nn(C)c2c(=O)[nH]c(-c3cc(S(=O)(=O)C45CCCC(CCNC4)N5C)ccc3OCC)nc12. The number of likely N-dealkylation sites (N-methyl/N-ethyl adjacent to an activating group) is 1. The number of hydrogen-bond donors (Lipinski definition) is 2. The number of ether oxygens (including phenoxy) is 1. The van der Waals surface area contributed by atoms with Crippen molar-refractivity contribution in [2.24, 2.45) is 7.05 Å². The Balaban J connectivity index is 1.68. The summed E-state index contributed by atoms with van der Waals surface area (Å²) in [6, 6.07) is 5.12. The van der Waals surface area contributed by atoms with Crippen LogP contribution in [0.15, 0.2) is 27.9 Å². The normalized spacial score (nSPS) is 22.8. The highest BCUT2D eigenvalue weighted by atomic mass is 32.2. The Kier molecular flexibility index (Phi) is 6.88. The first-order valence-corrected chi connectivity index (χ1v) is 14.6. The van der Waals surface area contributed by atoms with Crippen LogP contribution in [0.4, 0.5) is 0 Å². The maximum absolute atomic E-state index is 14.3. The summed E-state index contributed by atoms with van der Waals surface area (Å²) in [6.45, 7) is 5.48. The predicted molar refractivity (Wildman–Crippen MR) is 143 cm³/mol. The number of hydrogen-bond acceptors (Lipinski definition) is 8. The standard InChI is InChI=1S/C26H36N6O4S/c1-5-8-20-22-23(32(4)30-20)25(33)29-24(28-22)19-15-18(10-11-21(19)36-6-2)37(34,35)26-13-7-9-17(31(26)3)12-14-27-16-26/h10-11,15,17,27H,5-9,12-14,16H2,1-4H3,(H,28,29,33). The van der Waals surface area contributed by atoms with Gasteiger partial charge in [-0.2, -0.15) is 5.10 Å². The molecule has 4 heterocycles. The molecule has 2 N–H and O–H groups in total. The van der Waals surface area contributed by atoms with Crippen LogP contribution in [-0.2, 0) is 23.3 Å². The van der Waals surface area contributed by atoms with Gasteiger partial charge in [-0.1, -0.05) is 13.3 Å². The number of aromatic amines is 1. The third-order valence-electron chi connectivity index (χ3n) is 7.92. The quantitative estimate of drug-likeness (QED) is 0.480. The summed E-state index contributed by atoms with van der Waals surface area (Å²) in [5.41, 5.74) is 1.79. The summed E-state index contributed by atoms with van der Waals surface area (Å²) >= 11 is 0. The molecular weight excluding hydrogens is 492 g/mol. The largest absolute Gasteiger partial charge is 0.493 e. The summed E-state index contributed by atoms with van der Waals surface area (Å²) in [6.07, 6.45) is 4.90. The van der Waals surface area contributed by atoms with Crippen LogP contribution in [0, 0.1) is 0 Å². The van der Waals surface area contributed by atoms with E-state index in [1.165, 1.54) is 0 Å². The first kappa shape index (κ1) is 25.9. The van der Waals surface area contributed by atoms with Gasteiger partial charge in [0.15, 0.2) is 15.4 Å². The zero-order valence-corrected chi connectivity index (χ0v) is 22.8. The Morgan fingerprint density at radius 2 is 2.03 bits per heavy atom. The van der Waals surface area contributed by atoms with Crippen LogP contribution < -0.4 is 15.6 Å². The van der Waals surface area contributed by atoms with Crippen molar-refractivity contribution in [2.45, 2.75) is 68.2 Å². The monoisotopic (exact) mass is 528 g/mol. The Morgan fingerprint density at radius 1 is 1.22 bits per heavy atom. The van der Waals surface area contributed by atoms with Crippen LogP contribution in [0.3, 0.4) is 0 Å². The molecule has 3 aromatic rings. The molecule has 0 aliphatic carbocycles. The molecule has 2 saturated heterocycles. The Morgan fingerprint density at radius 3 is 2.78 bits per heavy atom. The molecule has 2 fully saturated rings. The first-order valence-electron chi connectivity index (χ1n) is 13.1. The van der Waals surface area contributed by atoms with Crippen molar-refractivity contribution in [3.05, 3.63) is 34.2 Å². The number of aryl methyl sites for hydroxylation is 2. The fourth-order valence-electron chi connectivity index (χ4n) is 5.98. The molecule has 0 spiro atoms. The van der Waals surface area contributed by atoms with E-state index in [1.54, 1.807) is 29.9 Å². The highest BCUT2D eigenvalue weighted by molar-refractivity contribution is 7.92. The number of H-pyrrole nitrogens is 1. The van der Waals surface area contributed by atoms with Gasteiger partial charge >= 0.3 is 0 Å². The highest BCUT2D eigenvalue weighted by Gasteiger charge is 2.52. The Labute approximate surface area is 217 Å². The molecular formula is C26H36N6O4S. The van der Waals surface area contributed by atoms with E-state index in [0.717, 1.165) is 37.9 Å². The lowest BCUT2D eigenvalue weighted by Gasteiger charge is -2.47. The zero-order valence-electron chi connectivity index (χ0n) is 22.0. The number of rotatable bonds is 7. The Hall–Kier alpha value is -2.76. The second-order valence-electron chi connectivity index (χ2n) is 10.1. The van der Waals surface area contributed by atoms with Gasteiger partial charge in [-0.15, -0.1) is 0 Å². The number of nitrogens with one attached hydrogen (secondary N) is 2. The molecule has 0 saturated carbocycles. The minimum Gasteiger partial charge on any atom is -0.493 e. The molecule has 0 radical (unpaired) electrons. The van der Waals surface area contributed by atoms with E-state index in [0.29, 0.717) is 48.3 Å². The molecule has 2 atom stereocenters. The van der Waals surface area contributed by atoms with Crippen LogP contribution in [-0.4, -0.2) is 70.7 Å². The summed E-state index contributed by atoms with van der Waals surface area (Å²) in [5.74, 6) is 0.742. The van der Waals surface area contributed by atoms with E-state index in [4.69, 9.17) is 9.72 Å². The lowest BCUT2D eigenvalue weighted by atomic mass is 9.95. The molecule has 11 heteroatoms. The molecule has 2 aliphatic heterocycles. The lowest BCUT2D eigenvalue weighted by Crippen LogP contribution is -2.61. The number of fused-ring (bicyclic) bond motifs is 3. The fraction of sp³-hybridized carbons (Fsp3) is 0.577. The number of sulfone groups is 1. The number of benzene rings is 1.